The number of carbonyl (C=O) groups is 2. The number of hydrogen-bond donors (Lipinski definition) is 2. The molecule has 2 N–H and O–H groups in total. The first-order chi connectivity index (χ1) is 10.8. The molecule has 0 spiro atoms. The van der Waals surface area contributed by atoms with Crippen LogP contribution in [0.4, 0.5) is 0 Å². The van der Waals surface area contributed by atoms with E-state index in [9.17, 15) is 14.7 Å². The van der Waals surface area contributed by atoms with Gasteiger partial charge in [0.05, 0.1) is 11.5 Å². The summed E-state index contributed by atoms with van der Waals surface area (Å²) in [4.78, 5) is 24.4. The number of aliphatic hydroxyl groups is 1. The van der Waals surface area contributed by atoms with Crippen molar-refractivity contribution < 1.29 is 14.7 Å². The van der Waals surface area contributed by atoms with Crippen LogP contribution in [0.5, 0.6) is 0 Å². The van der Waals surface area contributed by atoms with Gasteiger partial charge in [-0.1, -0.05) is 25.5 Å². The minimum Gasteiger partial charge on any atom is -0.393 e. The van der Waals surface area contributed by atoms with E-state index < -0.39 is 0 Å². The first kappa shape index (κ1) is 15.4. The minimum atomic E-state index is -0.384. The van der Waals surface area contributed by atoms with Gasteiger partial charge in [-0.05, 0) is 61.7 Å². The molecule has 0 bridgehead atoms. The summed E-state index contributed by atoms with van der Waals surface area (Å²) in [5.74, 6) is 0.983. The summed E-state index contributed by atoms with van der Waals surface area (Å²) in [6, 6.07) is 0. The average molecular weight is 317 g/mol. The summed E-state index contributed by atoms with van der Waals surface area (Å²) in [5, 5.41) is 12.6. The van der Waals surface area contributed by atoms with E-state index in [1.54, 1.807) is 0 Å². The Kier molecular flexibility index (Phi) is 3.29. The lowest BCUT2D eigenvalue weighted by Gasteiger charge is -2.58. The molecule has 0 radical (unpaired) electrons. The van der Waals surface area contributed by atoms with E-state index in [1.165, 1.54) is 5.57 Å². The van der Waals surface area contributed by atoms with Gasteiger partial charge in [-0.15, -0.1) is 0 Å². The predicted molar refractivity (Wildman–Crippen MR) is 86.2 cm³/mol. The fourth-order valence-corrected chi connectivity index (χ4v) is 6.14. The number of allylic oxidation sites excluding steroid dienone is 1. The number of rotatable bonds is 0. The van der Waals surface area contributed by atoms with Crippen molar-refractivity contribution in [2.45, 2.75) is 64.9 Å². The third-order valence-electron chi connectivity index (χ3n) is 7.64. The third kappa shape index (κ3) is 2.07. The first-order valence-corrected chi connectivity index (χ1v) is 9.06. The maximum absolute atomic E-state index is 12.5. The number of hydrogen-bond acceptors (Lipinski definition) is 3. The number of carbonyl (C=O) groups excluding carboxylic acids is 2. The molecule has 4 nitrogen and oxygen atoms in total. The van der Waals surface area contributed by atoms with Gasteiger partial charge >= 0.3 is 0 Å². The van der Waals surface area contributed by atoms with Gasteiger partial charge in [0.1, 0.15) is 0 Å². The number of amides is 2. The normalized spacial score (nSPS) is 49.4. The van der Waals surface area contributed by atoms with Crippen LogP contribution in [0.3, 0.4) is 0 Å². The monoisotopic (exact) mass is 317 g/mol. The van der Waals surface area contributed by atoms with Gasteiger partial charge in [-0.25, -0.2) is 0 Å². The van der Waals surface area contributed by atoms with Crippen LogP contribution in [0.15, 0.2) is 11.6 Å². The largest absolute Gasteiger partial charge is 0.393 e. The highest BCUT2D eigenvalue weighted by atomic mass is 16.3. The van der Waals surface area contributed by atoms with Gasteiger partial charge < -0.3 is 5.11 Å². The van der Waals surface area contributed by atoms with E-state index in [1.807, 2.05) is 0 Å². The van der Waals surface area contributed by atoms with Crippen LogP contribution in [-0.2, 0) is 9.59 Å². The van der Waals surface area contributed by atoms with Crippen LogP contribution in [0.25, 0.3) is 0 Å². The zero-order valence-corrected chi connectivity index (χ0v) is 14.1. The summed E-state index contributed by atoms with van der Waals surface area (Å²) in [6.07, 6.45) is 8.24. The molecule has 0 unspecified atom stereocenters. The molecule has 2 amide bonds. The first-order valence-electron chi connectivity index (χ1n) is 9.06. The molecule has 4 aliphatic rings. The highest BCUT2D eigenvalue weighted by Gasteiger charge is 2.58. The Labute approximate surface area is 137 Å². The summed E-state index contributed by atoms with van der Waals surface area (Å²) in [7, 11) is 0. The number of fused-ring (bicyclic) bond motifs is 5. The molecule has 0 aromatic carbocycles. The zero-order valence-electron chi connectivity index (χ0n) is 14.1. The lowest BCUT2D eigenvalue weighted by atomic mass is 9.46. The van der Waals surface area contributed by atoms with Crippen molar-refractivity contribution in [3.05, 3.63) is 11.6 Å². The Morgan fingerprint density at radius 3 is 2.61 bits per heavy atom. The van der Waals surface area contributed by atoms with Crippen molar-refractivity contribution in [3.63, 3.8) is 0 Å². The van der Waals surface area contributed by atoms with Crippen molar-refractivity contribution in [1.29, 1.82) is 0 Å². The number of aliphatic hydroxyl groups excluding tert-OH is 1. The molecule has 126 valence electrons. The van der Waals surface area contributed by atoms with Crippen molar-refractivity contribution in [1.82, 2.24) is 5.32 Å². The SMILES string of the molecule is C[C@]12CC[C@H](O)CC1=CC[C@@H]1[C@@H]2CC[C@]2(C)C(=O)NC(=O)C[C@@H]12. The maximum Gasteiger partial charge on any atom is 0.232 e. The van der Waals surface area contributed by atoms with Gasteiger partial charge in [0.15, 0.2) is 0 Å². The quantitative estimate of drug-likeness (QED) is 0.533. The topological polar surface area (TPSA) is 66.4 Å². The fourth-order valence-electron chi connectivity index (χ4n) is 6.14. The maximum atomic E-state index is 12.5. The molecule has 3 fully saturated rings. The van der Waals surface area contributed by atoms with Gasteiger partial charge in [-0.3, -0.25) is 14.9 Å². The lowest BCUT2D eigenvalue weighted by molar-refractivity contribution is -0.155. The second-order valence-electron chi connectivity index (χ2n) is 8.69. The Hall–Kier alpha value is -1.16. The molecule has 3 aliphatic carbocycles. The molecule has 23 heavy (non-hydrogen) atoms. The molecule has 4 rings (SSSR count). The van der Waals surface area contributed by atoms with E-state index >= 15 is 0 Å². The highest BCUT2D eigenvalue weighted by molar-refractivity contribution is 6.01. The van der Waals surface area contributed by atoms with E-state index in [0.29, 0.717) is 18.3 Å². The van der Waals surface area contributed by atoms with E-state index in [-0.39, 0.29) is 34.7 Å². The van der Waals surface area contributed by atoms with E-state index in [0.717, 1.165) is 38.5 Å². The molecule has 6 atom stereocenters. The van der Waals surface area contributed by atoms with Crippen LogP contribution in [0, 0.1) is 28.6 Å². The van der Waals surface area contributed by atoms with Crippen molar-refractivity contribution in [3.8, 4) is 0 Å². The summed E-state index contributed by atoms with van der Waals surface area (Å²) < 4.78 is 0. The van der Waals surface area contributed by atoms with Crippen LogP contribution < -0.4 is 5.32 Å². The van der Waals surface area contributed by atoms with E-state index in [2.05, 4.69) is 25.2 Å². The summed E-state index contributed by atoms with van der Waals surface area (Å²) in [5.41, 5.74) is 1.19. The number of piperidine rings is 1. The second-order valence-corrected chi connectivity index (χ2v) is 8.69. The summed E-state index contributed by atoms with van der Waals surface area (Å²) >= 11 is 0. The van der Waals surface area contributed by atoms with Crippen LogP contribution in [0.2, 0.25) is 0 Å². The van der Waals surface area contributed by atoms with Gasteiger partial charge in [0.25, 0.3) is 0 Å². The minimum absolute atomic E-state index is 0.0591. The molecule has 1 aliphatic heterocycles. The van der Waals surface area contributed by atoms with Crippen molar-refractivity contribution >= 4 is 11.8 Å². The van der Waals surface area contributed by atoms with Crippen molar-refractivity contribution in [2.75, 3.05) is 0 Å². The lowest BCUT2D eigenvalue weighted by Crippen LogP contribution is -2.60. The molecule has 2 saturated carbocycles. The molecule has 0 aromatic heterocycles. The third-order valence-corrected chi connectivity index (χ3v) is 7.64. The zero-order chi connectivity index (χ0) is 16.4. The molecular formula is C19H27NO3. The molecule has 1 heterocycles. The fraction of sp³-hybridized carbons (Fsp3) is 0.789. The van der Waals surface area contributed by atoms with Gasteiger partial charge in [0, 0.05) is 6.42 Å². The van der Waals surface area contributed by atoms with Gasteiger partial charge in [-0.2, -0.15) is 0 Å². The Bertz CT molecular complexity index is 597. The van der Waals surface area contributed by atoms with Crippen LogP contribution in [-0.4, -0.2) is 23.0 Å². The van der Waals surface area contributed by atoms with Gasteiger partial charge in [0.2, 0.25) is 11.8 Å². The van der Waals surface area contributed by atoms with Crippen LogP contribution in [0.1, 0.15) is 58.8 Å². The molecule has 0 aromatic rings. The van der Waals surface area contributed by atoms with E-state index in [4.69, 9.17) is 0 Å². The molecular weight excluding hydrogens is 290 g/mol. The Morgan fingerprint density at radius 1 is 1.09 bits per heavy atom. The smallest absolute Gasteiger partial charge is 0.232 e. The molecule has 1 saturated heterocycles. The predicted octanol–water partition coefficient (Wildman–Crippen LogP) is 2.56. The van der Waals surface area contributed by atoms with Crippen LogP contribution >= 0.6 is 0 Å². The average Bonchev–Trinajstić information content (AvgIpc) is 2.49. The standard InChI is InChI=1S/C19H27NO3/c1-18-7-5-12(21)9-11(18)3-4-13-14(18)6-8-19(2)15(13)10-16(22)20-17(19)23/h3,12-15,21H,4-10H2,1-2H3,(H,20,22,23)/t12-,13+,14-,15-,18-,19-/m0/s1. The second kappa shape index (κ2) is 4.92. The summed E-state index contributed by atoms with van der Waals surface area (Å²) in [6.45, 7) is 4.41. The number of nitrogens with one attached hydrogen (secondary N) is 1. The number of imide groups is 1. The Balaban J connectivity index is 1.70. The molecule has 4 heteroatoms. The van der Waals surface area contributed by atoms with Crippen molar-refractivity contribution in [2.24, 2.45) is 28.6 Å². The Morgan fingerprint density at radius 2 is 1.83 bits per heavy atom. The highest BCUT2D eigenvalue weighted by Crippen LogP contribution is 2.62.